The standard InChI is InChI=1S/C10H12Cl2N2/c11-8-1-2-9(12)10(3-8)14-6-7-4-13-5-7/h1-3,7,13-14H,4-6H2. The highest BCUT2D eigenvalue weighted by molar-refractivity contribution is 6.35. The second-order valence-corrected chi connectivity index (χ2v) is 4.37. The van der Waals surface area contributed by atoms with Gasteiger partial charge in [-0.05, 0) is 18.2 Å². The molecule has 76 valence electrons. The van der Waals surface area contributed by atoms with Crippen molar-refractivity contribution in [3.63, 3.8) is 0 Å². The second kappa shape index (κ2) is 4.39. The highest BCUT2D eigenvalue weighted by Gasteiger charge is 2.16. The van der Waals surface area contributed by atoms with E-state index in [0.29, 0.717) is 10.9 Å². The molecular weight excluding hydrogens is 219 g/mol. The minimum Gasteiger partial charge on any atom is -0.383 e. The summed E-state index contributed by atoms with van der Waals surface area (Å²) in [6.07, 6.45) is 0. The van der Waals surface area contributed by atoms with E-state index in [9.17, 15) is 0 Å². The van der Waals surface area contributed by atoms with Crippen LogP contribution in [0.4, 0.5) is 5.69 Å². The third-order valence-electron chi connectivity index (χ3n) is 2.38. The lowest BCUT2D eigenvalue weighted by Gasteiger charge is -2.27. The van der Waals surface area contributed by atoms with Gasteiger partial charge >= 0.3 is 0 Å². The largest absolute Gasteiger partial charge is 0.383 e. The summed E-state index contributed by atoms with van der Waals surface area (Å²) in [7, 11) is 0. The molecule has 0 aliphatic carbocycles. The van der Waals surface area contributed by atoms with E-state index in [1.807, 2.05) is 12.1 Å². The van der Waals surface area contributed by atoms with Crippen LogP contribution in [-0.4, -0.2) is 19.6 Å². The molecule has 2 nitrogen and oxygen atoms in total. The van der Waals surface area contributed by atoms with Gasteiger partial charge in [0, 0.05) is 30.6 Å². The Kier molecular flexibility index (Phi) is 3.16. The maximum Gasteiger partial charge on any atom is 0.0638 e. The van der Waals surface area contributed by atoms with Gasteiger partial charge in [-0.2, -0.15) is 0 Å². The summed E-state index contributed by atoms with van der Waals surface area (Å²) in [5, 5.41) is 7.96. The predicted molar refractivity (Wildman–Crippen MR) is 61.3 cm³/mol. The van der Waals surface area contributed by atoms with Crippen molar-refractivity contribution < 1.29 is 0 Å². The molecule has 0 unspecified atom stereocenters. The Labute approximate surface area is 93.6 Å². The Bertz CT molecular complexity index is 324. The van der Waals surface area contributed by atoms with Crippen LogP contribution in [-0.2, 0) is 0 Å². The average Bonchev–Trinajstić information content (AvgIpc) is 2.08. The summed E-state index contributed by atoms with van der Waals surface area (Å²) >= 11 is 11.9. The van der Waals surface area contributed by atoms with Crippen molar-refractivity contribution in [2.75, 3.05) is 25.0 Å². The van der Waals surface area contributed by atoms with Crippen LogP contribution in [0.3, 0.4) is 0 Å². The Morgan fingerprint density at radius 3 is 2.79 bits per heavy atom. The third-order valence-corrected chi connectivity index (χ3v) is 2.94. The van der Waals surface area contributed by atoms with Crippen molar-refractivity contribution >= 4 is 28.9 Å². The van der Waals surface area contributed by atoms with Crippen molar-refractivity contribution in [2.24, 2.45) is 5.92 Å². The van der Waals surface area contributed by atoms with Crippen LogP contribution >= 0.6 is 23.2 Å². The highest BCUT2D eigenvalue weighted by Crippen LogP contribution is 2.25. The lowest BCUT2D eigenvalue weighted by molar-refractivity contribution is 0.365. The zero-order valence-electron chi connectivity index (χ0n) is 7.69. The molecule has 0 spiro atoms. The lowest BCUT2D eigenvalue weighted by atomic mass is 10.0. The van der Waals surface area contributed by atoms with Crippen LogP contribution in [0.25, 0.3) is 0 Å². The summed E-state index contributed by atoms with van der Waals surface area (Å²) in [5.74, 6) is 0.713. The monoisotopic (exact) mass is 230 g/mol. The van der Waals surface area contributed by atoms with Crippen LogP contribution in [0, 0.1) is 5.92 Å². The zero-order chi connectivity index (χ0) is 9.97. The van der Waals surface area contributed by atoms with Gasteiger partial charge in [-0.25, -0.2) is 0 Å². The molecular formula is C10H12Cl2N2. The van der Waals surface area contributed by atoms with Crippen LogP contribution in [0.1, 0.15) is 0 Å². The van der Waals surface area contributed by atoms with E-state index in [1.165, 1.54) is 0 Å². The first-order valence-electron chi connectivity index (χ1n) is 4.65. The van der Waals surface area contributed by atoms with Crippen molar-refractivity contribution in [1.29, 1.82) is 0 Å². The maximum absolute atomic E-state index is 6.00. The first-order chi connectivity index (χ1) is 6.75. The third kappa shape index (κ3) is 2.32. The molecule has 1 aliphatic heterocycles. The van der Waals surface area contributed by atoms with Crippen LogP contribution in [0.5, 0.6) is 0 Å². The van der Waals surface area contributed by atoms with Crippen LogP contribution in [0.2, 0.25) is 10.0 Å². The molecule has 0 amide bonds. The van der Waals surface area contributed by atoms with Gasteiger partial charge in [0.1, 0.15) is 0 Å². The molecule has 1 saturated heterocycles. The number of rotatable bonds is 3. The summed E-state index contributed by atoms with van der Waals surface area (Å²) in [6.45, 7) is 3.13. The smallest absolute Gasteiger partial charge is 0.0638 e. The molecule has 1 fully saturated rings. The van der Waals surface area contributed by atoms with Crippen molar-refractivity contribution in [3.8, 4) is 0 Å². The SMILES string of the molecule is Clc1ccc(Cl)c(NCC2CNC2)c1. The number of nitrogens with one attached hydrogen (secondary N) is 2. The maximum atomic E-state index is 6.00. The van der Waals surface area contributed by atoms with Crippen molar-refractivity contribution in [3.05, 3.63) is 28.2 Å². The van der Waals surface area contributed by atoms with Crippen LogP contribution in [0.15, 0.2) is 18.2 Å². The fourth-order valence-electron chi connectivity index (χ4n) is 1.38. The fraction of sp³-hybridized carbons (Fsp3) is 0.400. The summed E-state index contributed by atoms with van der Waals surface area (Å²) in [6, 6.07) is 5.46. The first kappa shape index (κ1) is 10.1. The summed E-state index contributed by atoms with van der Waals surface area (Å²) < 4.78 is 0. The van der Waals surface area contributed by atoms with Gasteiger partial charge in [0.05, 0.1) is 10.7 Å². The summed E-state index contributed by atoms with van der Waals surface area (Å²) in [5.41, 5.74) is 0.922. The van der Waals surface area contributed by atoms with E-state index >= 15 is 0 Å². The Hall–Kier alpha value is -0.440. The molecule has 1 heterocycles. The first-order valence-corrected chi connectivity index (χ1v) is 5.41. The minimum absolute atomic E-state index is 0.712. The zero-order valence-corrected chi connectivity index (χ0v) is 9.20. The summed E-state index contributed by atoms with van der Waals surface area (Å²) in [4.78, 5) is 0. The molecule has 0 bridgehead atoms. The van der Waals surface area contributed by atoms with E-state index in [0.717, 1.165) is 30.3 Å². The van der Waals surface area contributed by atoms with E-state index in [2.05, 4.69) is 10.6 Å². The van der Waals surface area contributed by atoms with Gasteiger partial charge < -0.3 is 10.6 Å². The van der Waals surface area contributed by atoms with Crippen LogP contribution < -0.4 is 10.6 Å². The molecule has 2 N–H and O–H groups in total. The van der Waals surface area contributed by atoms with Gasteiger partial charge in [-0.15, -0.1) is 0 Å². The quantitative estimate of drug-likeness (QED) is 0.835. The molecule has 1 aliphatic rings. The molecule has 0 atom stereocenters. The Morgan fingerprint density at radius 2 is 2.14 bits per heavy atom. The molecule has 14 heavy (non-hydrogen) atoms. The second-order valence-electron chi connectivity index (χ2n) is 3.53. The minimum atomic E-state index is 0.712. The number of hydrogen-bond acceptors (Lipinski definition) is 2. The van der Waals surface area contributed by atoms with Crippen molar-refractivity contribution in [2.45, 2.75) is 0 Å². The predicted octanol–water partition coefficient (Wildman–Crippen LogP) is 2.62. The number of halogens is 2. The normalized spacial score (nSPS) is 16.4. The molecule has 0 radical (unpaired) electrons. The van der Waals surface area contributed by atoms with Gasteiger partial charge in [0.25, 0.3) is 0 Å². The number of hydrogen-bond donors (Lipinski definition) is 2. The van der Waals surface area contributed by atoms with E-state index in [4.69, 9.17) is 23.2 Å². The Balaban J connectivity index is 1.96. The van der Waals surface area contributed by atoms with Gasteiger partial charge in [-0.1, -0.05) is 23.2 Å². The molecule has 2 rings (SSSR count). The fourth-order valence-corrected chi connectivity index (χ4v) is 1.74. The number of anilines is 1. The molecule has 4 heteroatoms. The van der Waals surface area contributed by atoms with E-state index in [1.54, 1.807) is 6.07 Å². The van der Waals surface area contributed by atoms with Gasteiger partial charge in [-0.3, -0.25) is 0 Å². The van der Waals surface area contributed by atoms with E-state index < -0.39 is 0 Å². The van der Waals surface area contributed by atoms with E-state index in [-0.39, 0.29) is 0 Å². The number of benzene rings is 1. The molecule has 1 aromatic carbocycles. The molecule has 0 aromatic heterocycles. The van der Waals surface area contributed by atoms with Gasteiger partial charge in [0.15, 0.2) is 0 Å². The molecule has 1 aromatic rings. The highest BCUT2D eigenvalue weighted by atomic mass is 35.5. The topological polar surface area (TPSA) is 24.1 Å². The van der Waals surface area contributed by atoms with Gasteiger partial charge in [0.2, 0.25) is 0 Å². The average molecular weight is 231 g/mol. The van der Waals surface area contributed by atoms with Crippen molar-refractivity contribution in [1.82, 2.24) is 5.32 Å². The Morgan fingerprint density at radius 1 is 1.36 bits per heavy atom. The molecule has 0 saturated carbocycles. The lowest BCUT2D eigenvalue weighted by Crippen LogP contribution is -2.45.